The van der Waals surface area contributed by atoms with Crippen molar-refractivity contribution in [2.45, 2.75) is 57.7 Å². The highest BCUT2D eigenvalue weighted by molar-refractivity contribution is 7.99. The van der Waals surface area contributed by atoms with Gasteiger partial charge in [0.1, 0.15) is 6.04 Å². The Hall–Kier alpha value is -1.24. The van der Waals surface area contributed by atoms with Gasteiger partial charge in [-0.25, -0.2) is 0 Å². The van der Waals surface area contributed by atoms with E-state index in [-0.39, 0.29) is 29.2 Å². The molecule has 0 aromatic heterocycles. The van der Waals surface area contributed by atoms with E-state index in [9.17, 15) is 14.4 Å². The van der Waals surface area contributed by atoms with Crippen molar-refractivity contribution >= 4 is 29.5 Å². The molecule has 1 saturated carbocycles. The van der Waals surface area contributed by atoms with Gasteiger partial charge in [-0.2, -0.15) is 0 Å². The largest absolute Gasteiger partial charge is 0.350 e. The van der Waals surface area contributed by atoms with E-state index in [0.717, 1.165) is 12.8 Å². The lowest BCUT2D eigenvalue weighted by molar-refractivity contribution is -0.141. The van der Waals surface area contributed by atoms with Crippen LogP contribution in [-0.4, -0.2) is 63.3 Å². The Morgan fingerprint density at radius 1 is 1.26 bits per heavy atom. The Morgan fingerprint density at radius 2 is 1.96 bits per heavy atom. The van der Waals surface area contributed by atoms with Gasteiger partial charge in [0, 0.05) is 30.3 Å². The first-order valence-corrected chi connectivity index (χ1v) is 9.41. The second-order valence-electron chi connectivity index (χ2n) is 7.74. The van der Waals surface area contributed by atoms with Crippen molar-refractivity contribution in [1.29, 1.82) is 0 Å². The van der Waals surface area contributed by atoms with Gasteiger partial charge >= 0.3 is 0 Å². The van der Waals surface area contributed by atoms with Crippen LogP contribution in [0.3, 0.4) is 0 Å². The van der Waals surface area contributed by atoms with Crippen LogP contribution in [0.1, 0.15) is 40.0 Å². The van der Waals surface area contributed by atoms with Crippen LogP contribution in [0.2, 0.25) is 0 Å². The zero-order chi connectivity index (χ0) is 16.8. The summed E-state index contributed by atoms with van der Waals surface area (Å²) in [7, 11) is 0. The number of likely N-dealkylation sites (tertiary alicyclic amines) is 1. The minimum absolute atomic E-state index is 0.0411. The van der Waals surface area contributed by atoms with Crippen LogP contribution in [0.15, 0.2) is 0 Å². The molecule has 0 bridgehead atoms. The third kappa shape index (κ3) is 3.65. The standard InChI is InChI=1S/C16H25N3O3S/c1-16(2,3)17-14(21)12-8-23-9-19(12)15(22)10-6-13(20)18(7-10)11-4-5-11/h10-12H,4-9H2,1-3H3,(H,17,21)/t10-,12-/m0/s1. The Bertz CT molecular complexity index is 527. The number of rotatable bonds is 3. The molecule has 2 heterocycles. The molecule has 3 aliphatic rings. The predicted molar refractivity (Wildman–Crippen MR) is 88.7 cm³/mol. The summed E-state index contributed by atoms with van der Waals surface area (Å²) in [6.45, 7) is 6.32. The van der Waals surface area contributed by atoms with Crippen LogP contribution in [0.25, 0.3) is 0 Å². The average molecular weight is 339 g/mol. The van der Waals surface area contributed by atoms with Gasteiger partial charge in [-0.05, 0) is 33.6 Å². The Kier molecular flexibility index (Phi) is 4.33. The molecule has 0 aromatic rings. The highest BCUT2D eigenvalue weighted by Crippen LogP contribution is 2.34. The molecule has 0 unspecified atom stereocenters. The first-order valence-electron chi connectivity index (χ1n) is 8.26. The summed E-state index contributed by atoms with van der Waals surface area (Å²) in [4.78, 5) is 40.8. The van der Waals surface area contributed by atoms with Gasteiger partial charge in [0.05, 0.1) is 11.8 Å². The lowest BCUT2D eigenvalue weighted by atomic mass is 10.1. The summed E-state index contributed by atoms with van der Waals surface area (Å²) >= 11 is 1.60. The highest BCUT2D eigenvalue weighted by Gasteiger charge is 2.45. The fourth-order valence-corrected chi connectivity index (χ4v) is 4.36. The second kappa shape index (κ2) is 6.00. The van der Waals surface area contributed by atoms with Gasteiger partial charge in [0.15, 0.2) is 0 Å². The van der Waals surface area contributed by atoms with E-state index in [4.69, 9.17) is 0 Å². The lowest BCUT2D eigenvalue weighted by Gasteiger charge is -2.29. The van der Waals surface area contributed by atoms with E-state index < -0.39 is 6.04 Å². The van der Waals surface area contributed by atoms with Crippen molar-refractivity contribution in [3.8, 4) is 0 Å². The molecule has 2 atom stereocenters. The van der Waals surface area contributed by atoms with Gasteiger partial charge < -0.3 is 15.1 Å². The molecule has 23 heavy (non-hydrogen) atoms. The topological polar surface area (TPSA) is 69.7 Å². The average Bonchev–Trinajstić information content (AvgIpc) is 3.02. The van der Waals surface area contributed by atoms with E-state index in [1.165, 1.54) is 0 Å². The fraction of sp³-hybridized carbons (Fsp3) is 0.812. The summed E-state index contributed by atoms with van der Waals surface area (Å²) in [5.41, 5.74) is -0.314. The van der Waals surface area contributed by atoms with Crippen molar-refractivity contribution in [2.75, 3.05) is 18.2 Å². The summed E-state index contributed by atoms with van der Waals surface area (Å²) in [6.07, 6.45) is 2.41. The Labute approximate surface area is 141 Å². The quantitative estimate of drug-likeness (QED) is 0.826. The van der Waals surface area contributed by atoms with Crippen molar-refractivity contribution in [2.24, 2.45) is 5.92 Å². The maximum atomic E-state index is 12.8. The van der Waals surface area contributed by atoms with Crippen LogP contribution >= 0.6 is 11.8 Å². The van der Waals surface area contributed by atoms with E-state index >= 15 is 0 Å². The SMILES string of the molecule is CC(C)(C)NC(=O)[C@@H]1CSCN1C(=O)[C@H]1CC(=O)N(C2CC2)C1. The molecule has 2 aliphatic heterocycles. The smallest absolute Gasteiger partial charge is 0.244 e. The summed E-state index contributed by atoms with van der Waals surface area (Å²) in [5.74, 6) is 0.829. The molecule has 1 aliphatic carbocycles. The third-order valence-corrected chi connectivity index (χ3v) is 5.47. The van der Waals surface area contributed by atoms with Gasteiger partial charge in [-0.1, -0.05) is 0 Å². The zero-order valence-corrected chi connectivity index (χ0v) is 14.8. The second-order valence-corrected chi connectivity index (χ2v) is 8.74. The molecule has 3 rings (SSSR count). The molecule has 6 nitrogen and oxygen atoms in total. The molecule has 2 saturated heterocycles. The maximum absolute atomic E-state index is 12.8. The Morgan fingerprint density at radius 3 is 2.57 bits per heavy atom. The lowest BCUT2D eigenvalue weighted by Crippen LogP contribution is -2.53. The van der Waals surface area contributed by atoms with Crippen LogP contribution in [0, 0.1) is 5.92 Å². The number of carbonyl (C=O) groups is 3. The molecule has 128 valence electrons. The summed E-state index contributed by atoms with van der Waals surface area (Å²) < 4.78 is 0. The maximum Gasteiger partial charge on any atom is 0.244 e. The monoisotopic (exact) mass is 339 g/mol. The number of hydrogen-bond acceptors (Lipinski definition) is 4. The van der Waals surface area contributed by atoms with E-state index in [1.54, 1.807) is 16.7 Å². The minimum atomic E-state index is -0.420. The van der Waals surface area contributed by atoms with Gasteiger partial charge in [0.2, 0.25) is 17.7 Å². The molecule has 7 heteroatoms. The Balaban J connectivity index is 1.64. The number of amides is 3. The first kappa shape index (κ1) is 16.6. The molecule has 0 spiro atoms. The van der Waals surface area contributed by atoms with E-state index in [0.29, 0.717) is 30.6 Å². The number of hydrogen-bond donors (Lipinski definition) is 1. The first-order chi connectivity index (χ1) is 10.8. The van der Waals surface area contributed by atoms with Gasteiger partial charge in [-0.3, -0.25) is 14.4 Å². The minimum Gasteiger partial charge on any atom is -0.350 e. The van der Waals surface area contributed by atoms with Crippen LogP contribution in [0.5, 0.6) is 0 Å². The van der Waals surface area contributed by atoms with Crippen LogP contribution in [0.4, 0.5) is 0 Å². The van der Waals surface area contributed by atoms with Crippen molar-refractivity contribution in [1.82, 2.24) is 15.1 Å². The van der Waals surface area contributed by atoms with Gasteiger partial charge in [-0.15, -0.1) is 11.8 Å². The van der Waals surface area contributed by atoms with Gasteiger partial charge in [0.25, 0.3) is 0 Å². The number of nitrogens with one attached hydrogen (secondary N) is 1. The van der Waals surface area contributed by atoms with Crippen molar-refractivity contribution in [3.05, 3.63) is 0 Å². The normalized spacial score (nSPS) is 28.4. The number of carbonyl (C=O) groups excluding carboxylic acids is 3. The van der Waals surface area contributed by atoms with Crippen molar-refractivity contribution < 1.29 is 14.4 Å². The molecule has 3 amide bonds. The molecule has 1 N–H and O–H groups in total. The van der Waals surface area contributed by atoms with E-state index in [2.05, 4.69) is 5.32 Å². The van der Waals surface area contributed by atoms with Crippen LogP contribution < -0.4 is 5.32 Å². The molecule has 0 radical (unpaired) electrons. The number of nitrogens with zero attached hydrogens (tertiary/aromatic N) is 2. The predicted octanol–water partition coefficient (Wildman–Crippen LogP) is 0.813. The highest BCUT2D eigenvalue weighted by atomic mass is 32.2. The molecular formula is C16H25N3O3S. The molecule has 3 fully saturated rings. The third-order valence-electron chi connectivity index (χ3n) is 4.46. The van der Waals surface area contributed by atoms with Crippen LogP contribution in [-0.2, 0) is 14.4 Å². The molecular weight excluding hydrogens is 314 g/mol. The fourth-order valence-electron chi connectivity index (χ4n) is 3.20. The number of thioether (sulfide) groups is 1. The summed E-state index contributed by atoms with van der Waals surface area (Å²) in [5, 5.41) is 2.96. The van der Waals surface area contributed by atoms with E-state index in [1.807, 2.05) is 25.7 Å². The zero-order valence-electron chi connectivity index (χ0n) is 14.0. The molecule has 0 aromatic carbocycles. The van der Waals surface area contributed by atoms with Crippen molar-refractivity contribution in [3.63, 3.8) is 0 Å². The summed E-state index contributed by atoms with van der Waals surface area (Å²) in [6, 6.07) is -0.0648.